The van der Waals surface area contributed by atoms with Gasteiger partial charge in [-0.15, -0.1) is 0 Å². The highest BCUT2D eigenvalue weighted by molar-refractivity contribution is 6.02. The monoisotopic (exact) mass is 319 g/mol. The molecule has 1 heterocycles. The van der Waals surface area contributed by atoms with Crippen molar-refractivity contribution in [3.05, 3.63) is 29.3 Å². The first kappa shape index (κ1) is 16.5. The molecule has 1 atom stereocenters. The van der Waals surface area contributed by atoms with Crippen LogP contribution in [0.3, 0.4) is 0 Å². The Hall–Kier alpha value is -2.90. The van der Waals surface area contributed by atoms with E-state index in [0.717, 1.165) is 0 Å². The zero-order chi connectivity index (χ0) is 17.0. The van der Waals surface area contributed by atoms with Crippen molar-refractivity contribution in [2.24, 2.45) is 5.73 Å². The number of primary amides is 1. The van der Waals surface area contributed by atoms with Gasteiger partial charge in [0.1, 0.15) is 18.9 Å². The minimum Gasteiger partial charge on any atom is -0.480 e. The quantitative estimate of drug-likeness (QED) is 0.577. The second-order valence-corrected chi connectivity index (χ2v) is 5.17. The second-order valence-electron chi connectivity index (χ2n) is 5.17. The number of aldehydes is 1. The number of carboxylic acids is 1. The number of hydrogen-bond acceptors (Lipinski definition) is 5. The highest BCUT2D eigenvalue weighted by Crippen LogP contribution is 2.31. The Labute approximate surface area is 132 Å². The number of nitrogens with one attached hydrogen (secondary N) is 1. The summed E-state index contributed by atoms with van der Waals surface area (Å²) in [5.41, 5.74) is 6.90. The molecule has 0 spiro atoms. The Bertz CT molecular complexity index is 659. The summed E-state index contributed by atoms with van der Waals surface area (Å²) in [6.07, 6.45) is 0.956. The van der Waals surface area contributed by atoms with Gasteiger partial charge in [0, 0.05) is 29.8 Å². The smallest absolute Gasteiger partial charge is 0.322 e. The van der Waals surface area contributed by atoms with Crippen molar-refractivity contribution in [1.82, 2.24) is 4.90 Å². The fourth-order valence-corrected chi connectivity index (χ4v) is 2.62. The average Bonchev–Trinajstić information content (AvgIpc) is 2.83. The first-order valence-electron chi connectivity index (χ1n) is 7.07. The van der Waals surface area contributed by atoms with Gasteiger partial charge in [0.25, 0.3) is 5.91 Å². The Morgan fingerprint density at radius 3 is 2.78 bits per heavy atom. The van der Waals surface area contributed by atoms with E-state index in [-0.39, 0.29) is 31.8 Å². The number of carboxylic acid groups (broad SMARTS) is 1. The number of aliphatic carboxylic acids is 1. The minimum atomic E-state index is -1.02. The third kappa shape index (κ3) is 3.47. The van der Waals surface area contributed by atoms with Crippen molar-refractivity contribution < 1.29 is 24.3 Å². The van der Waals surface area contributed by atoms with Crippen LogP contribution in [-0.4, -0.2) is 46.7 Å². The summed E-state index contributed by atoms with van der Waals surface area (Å²) in [7, 11) is 0. The lowest BCUT2D eigenvalue weighted by Gasteiger charge is -2.24. The van der Waals surface area contributed by atoms with Crippen molar-refractivity contribution in [3.8, 4) is 0 Å². The molecule has 1 aromatic rings. The first-order chi connectivity index (χ1) is 11.0. The van der Waals surface area contributed by atoms with E-state index in [1.54, 1.807) is 18.2 Å². The molecule has 0 saturated heterocycles. The molecule has 8 heteroatoms. The number of carbonyl (C=O) groups excluding carboxylic acids is 3. The van der Waals surface area contributed by atoms with Crippen LogP contribution in [0.4, 0.5) is 5.69 Å². The molecule has 2 amide bonds. The van der Waals surface area contributed by atoms with E-state index in [4.69, 9.17) is 10.8 Å². The third-order valence-corrected chi connectivity index (χ3v) is 3.69. The lowest BCUT2D eigenvalue weighted by molar-refractivity contribution is -0.135. The molecule has 1 unspecified atom stereocenters. The lowest BCUT2D eigenvalue weighted by atomic mass is 10.1. The molecule has 0 bridgehead atoms. The zero-order valence-corrected chi connectivity index (χ0v) is 12.3. The maximum absolute atomic E-state index is 12.5. The number of nitrogens with zero attached hydrogens (tertiary/aromatic N) is 1. The van der Waals surface area contributed by atoms with Crippen molar-refractivity contribution in [2.75, 3.05) is 11.9 Å². The summed E-state index contributed by atoms with van der Waals surface area (Å²) >= 11 is 0. The predicted molar refractivity (Wildman–Crippen MR) is 80.7 cm³/mol. The Balaban J connectivity index is 2.26. The van der Waals surface area contributed by atoms with Gasteiger partial charge in [0.15, 0.2) is 0 Å². The van der Waals surface area contributed by atoms with Crippen molar-refractivity contribution in [2.45, 2.75) is 25.4 Å². The average molecular weight is 319 g/mol. The maximum Gasteiger partial charge on any atom is 0.322 e. The van der Waals surface area contributed by atoms with Gasteiger partial charge in [-0.3, -0.25) is 14.4 Å². The minimum absolute atomic E-state index is 0.123. The summed E-state index contributed by atoms with van der Waals surface area (Å²) in [6.45, 7) is -0.140. The summed E-state index contributed by atoms with van der Waals surface area (Å²) in [4.78, 5) is 46.6. The molecule has 0 fully saturated rings. The number of rotatable bonds is 8. The molecule has 23 heavy (non-hydrogen) atoms. The van der Waals surface area contributed by atoms with Crippen LogP contribution in [0.25, 0.3) is 0 Å². The highest BCUT2D eigenvalue weighted by Gasteiger charge is 2.36. The molecule has 1 aliphatic rings. The van der Waals surface area contributed by atoms with Crippen LogP contribution in [0.5, 0.6) is 0 Å². The molecule has 8 nitrogen and oxygen atoms in total. The normalized spacial score (nSPS) is 14.3. The van der Waals surface area contributed by atoms with E-state index in [2.05, 4.69) is 5.32 Å². The molecular weight excluding hydrogens is 302 g/mol. The zero-order valence-electron chi connectivity index (χ0n) is 12.3. The Morgan fingerprint density at radius 2 is 2.17 bits per heavy atom. The Kier molecular flexibility index (Phi) is 4.95. The number of anilines is 1. The van der Waals surface area contributed by atoms with Gasteiger partial charge in [-0.2, -0.15) is 0 Å². The standard InChI is InChI=1S/C15H17N3O5/c16-14(22)12(5-2-6-19)18-8-10-9(15(18)23)3-1-4-11(10)17-7-13(20)21/h1,3-4,6,12,17H,2,5,7-8H2,(H2,16,22)(H,20,21). The SMILES string of the molecule is NC(=O)C(CCC=O)N1Cc2c(NCC(=O)O)cccc2C1=O. The predicted octanol–water partition coefficient (Wildman–Crippen LogP) is -0.0281. The third-order valence-electron chi connectivity index (χ3n) is 3.69. The summed E-state index contributed by atoms with van der Waals surface area (Å²) in [5, 5.41) is 11.5. The van der Waals surface area contributed by atoms with Gasteiger partial charge in [0.05, 0.1) is 0 Å². The number of amides is 2. The van der Waals surface area contributed by atoms with E-state index < -0.39 is 17.9 Å². The fourth-order valence-electron chi connectivity index (χ4n) is 2.62. The summed E-state index contributed by atoms with van der Waals surface area (Å²) in [5.74, 6) is -2.05. The van der Waals surface area contributed by atoms with Crippen LogP contribution >= 0.6 is 0 Å². The van der Waals surface area contributed by atoms with Crippen molar-refractivity contribution in [3.63, 3.8) is 0 Å². The van der Waals surface area contributed by atoms with Crippen LogP contribution in [0, 0.1) is 0 Å². The number of nitrogens with two attached hydrogens (primary N) is 1. The Morgan fingerprint density at radius 1 is 1.43 bits per heavy atom. The van der Waals surface area contributed by atoms with E-state index in [1.807, 2.05) is 0 Å². The van der Waals surface area contributed by atoms with Gasteiger partial charge >= 0.3 is 5.97 Å². The molecule has 0 aliphatic carbocycles. The van der Waals surface area contributed by atoms with Gasteiger partial charge in [0.2, 0.25) is 5.91 Å². The molecule has 2 rings (SSSR count). The summed E-state index contributed by atoms with van der Waals surface area (Å²) < 4.78 is 0. The topological polar surface area (TPSA) is 130 Å². The van der Waals surface area contributed by atoms with Crippen molar-refractivity contribution in [1.29, 1.82) is 0 Å². The van der Waals surface area contributed by atoms with Gasteiger partial charge < -0.3 is 25.9 Å². The van der Waals surface area contributed by atoms with Crippen LogP contribution in [0.1, 0.15) is 28.8 Å². The van der Waals surface area contributed by atoms with E-state index in [0.29, 0.717) is 23.1 Å². The van der Waals surface area contributed by atoms with E-state index in [9.17, 15) is 19.2 Å². The number of carbonyl (C=O) groups is 4. The first-order valence-corrected chi connectivity index (χ1v) is 7.07. The van der Waals surface area contributed by atoms with E-state index in [1.165, 1.54) is 4.90 Å². The fraction of sp³-hybridized carbons (Fsp3) is 0.333. The number of hydrogen-bond donors (Lipinski definition) is 3. The van der Waals surface area contributed by atoms with Crippen LogP contribution in [0.2, 0.25) is 0 Å². The maximum atomic E-state index is 12.5. The molecular formula is C15H17N3O5. The molecule has 1 aromatic carbocycles. The number of fused-ring (bicyclic) bond motifs is 1. The lowest BCUT2D eigenvalue weighted by Crippen LogP contribution is -2.44. The number of benzene rings is 1. The van der Waals surface area contributed by atoms with Crippen LogP contribution in [0.15, 0.2) is 18.2 Å². The molecule has 4 N–H and O–H groups in total. The van der Waals surface area contributed by atoms with Crippen LogP contribution in [-0.2, 0) is 20.9 Å². The molecule has 122 valence electrons. The second kappa shape index (κ2) is 6.91. The molecule has 0 saturated carbocycles. The molecule has 0 radical (unpaired) electrons. The largest absolute Gasteiger partial charge is 0.480 e. The van der Waals surface area contributed by atoms with Crippen LogP contribution < -0.4 is 11.1 Å². The molecule has 1 aliphatic heterocycles. The van der Waals surface area contributed by atoms with Crippen molar-refractivity contribution >= 4 is 29.8 Å². The summed E-state index contributed by atoms with van der Waals surface area (Å²) in [6, 6.07) is 4.05. The van der Waals surface area contributed by atoms with Gasteiger partial charge in [-0.1, -0.05) is 6.07 Å². The highest BCUT2D eigenvalue weighted by atomic mass is 16.4. The van der Waals surface area contributed by atoms with Gasteiger partial charge in [-0.25, -0.2) is 0 Å². The van der Waals surface area contributed by atoms with E-state index >= 15 is 0 Å². The van der Waals surface area contributed by atoms with Gasteiger partial charge in [-0.05, 0) is 18.6 Å². The molecule has 0 aromatic heterocycles.